The molecule has 0 N–H and O–H groups in total. The third-order valence-corrected chi connectivity index (χ3v) is 9.01. The molecular formula is C23H26Cl2N2OS. The van der Waals surface area contributed by atoms with Gasteiger partial charge in [0, 0.05) is 17.0 Å². The number of hydrogen-bond donors (Lipinski definition) is 0. The minimum Gasteiger partial charge on any atom is -0.316 e. The van der Waals surface area contributed by atoms with Gasteiger partial charge in [0.1, 0.15) is 0 Å². The van der Waals surface area contributed by atoms with Gasteiger partial charge in [0.25, 0.3) is 5.91 Å². The van der Waals surface area contributed by atoms with Crippen molar-refractivity contribution in [3.05, 3.63) is 37.9 Å². The Morgan fingerprint density at radius 3 is 2.31 bits per heavy atom. The molecule has 3 nitrogen and oxygen atoms in total. The first-order valence-corrected chi connectivity index (χ1v) is 12.2. The van der Waals surface area contributed by atoms with Crippen molar-refractivity contribution in [2.45, 2.75) is 58.9 Å². The van der Waals surface area contributed by atoms with Crippen molar-refractivity contribution in [1.82, 2.24) is 4.57 Å². The number of benzene rings is 1. The Balaban J connectivity index is 1.55. The lowest BCUT2D eigenvalue weighted by Gasteiger charge is -2.55. The zero-order valence-corrected chi connectivity index (χ0v) is 19.2. The summed E-state index contributed by atoms with van der Waals surface area (Å²) in [6.45, 7) is 4.94. The number of nitrogens with zero attached hydrogens (tertiary/aromatic N) is 2. The number of amides is 1. The summed E-state index contributed by atoms with van der Waals surface area (Å²) in [5, 5.41) is 1.09. The van der Waals surface area contributed by atoms with Crippen molar-refractivity contribution in [1.29, 1.82) is 0 Å². The van der Waals surface area contributed by atoms with Gasteiger partial charge in [-0.05, 0) is 82.3 Å². The lowest BCUT2D eigenvalue weighted by molar-refractivity contribution is -0.142. The van der Waals surface area contributed by atoms with E-state index < -0.39 is 0 Å². The van der Waals surface area contributed by atoms with Crippen molar-refractivity contribution in [2.24, 2.45) is 28.2 Å². The maximum atomic E-state index is 13.5. The first-order valence-electron chi connectivity index (χ1n) is 10.6. The van der Waals surface area contributed by atoms with Crippen LogP contribution < -0.4 is 4.80 Å². The van der Waals surface area contributed by atoms with Crippen LogP contribution in [0.3, 0.4) is 0 Å². The molecule has 1 heterocycles. The molecule has 29 heavy (non-hydrogen) atoms. The molecule has 4 fully saturated rings. The monoisotopic (exact) mass is 448 g/mol. The fourth-order valence-corrected chi connectivity index (χ4v) is 7.84. The summed E-state index contributed by atoms with van der Waals surface area (Å²) in [6, 6.07) is 5.71. The third kappa shape index (κ3) is 3.32. The number of carbonyl (C=O) groups is 1. The Morgan fingerprint density at radius 1 is 1.14 bits per heavy atom. The highest BCUT2D eigenvalue weighted by atomic mass is 35.5. The van der Waals surface area contributed by atoms with Crippen molar-refractivity contribution >= 4 is 40.4 Å². The van der Waals surface area contributed by atoms with Gasteiger partial charge in [0.2, 0.25) is 0 Å². The zero-order chi connectivity index (χ0) is 20.3. The van der Waals surface area contributed by atoms with Gasteiger partial charge in [0.15, 0.2) is 4.80 Å². The molecule has 4 bridgehead atoms. The van der Waals surface area contributed by atoms with Crippen LogP contribution in [0, 0.1) is 30.1 Å². The van der Waals surface area contributed by atoms with Crippen LogP contribution in [0.15, 0.2) is 23.2 Å². The number of carbonyl (C=O) groups excluding carboxylic acids is 1. The van der Waals surface area contributed by atoms with Crippen LogP contribution >= 0.6 is 34.5 Å². The van der Waals surface area contributed by atoms with Crippen LogP contribution in [0.25, 0.3) is 11.3 Å². The molecule has 1 amide bonds. The van der Waals surface area contributed by atoms with Crippen LogP contribution in [0.1, 0.15) is 50.3 Å². The molecule has 0 atom stereocenters. The highest BCUT2D eigenvalue weighted by Gasteiger charge is 2.54. The van der Waals surface area contributed by atoms with E-state index in [0.29, 0.717) is 10.0 Å². The maximum Gasteiger partial charge on any atom is 0.254 e. The Labute approximate surface area is 185 Å². The molecule has 154 valence electrons. The summed E-state index contributed by atoms with van der Waals surface area (Å²) in [7, 11) is 0. The maximum absolute atomic E-state index is 13.5. The second kappa shape index (κ2) is 7.25. The number of aryl methyl sites for hydroxylation is 1. The molecule has 0 unspecified atom stereocenters. The van der Waals surface area contributed by atoms with Crippen LogP contribution in [0.2, 0.25) is 10.0 Å². The van der Waals surface area contributed by atoms with E-state index in [2.05, 4.69) is 18.4 Å². The van der Waals surface area contributed by atoms with Gasteiger partial charge < -0.3 is 4.57 Å². The van der Waals surface area contributed by atoms with Crippen molar-refractivity contribution < 1.29 is 4.79 Å². The summed E-state index contributed by atoms with van der Waals surface area (Å²) >= 11 is 14.0. The zero-order valence-electron chi connectivity index (χ0n) is 16.9. The molecular weight excluding hydrogens is 423 g/mol. The van der Waals surface area contributed by atoms with Crippen molar-refractivity contribution in [3.63, 3.8) is 0 Å². The molecule has 4 aliphatic carbocycles. The molecule has 1 aromatic carbocycles. The van der Waals surface area contributed by atoms with Crippen molar-refractivity contribution in [2.75, 3.05) is 0 Å². The smallest absolute Gasteiger partial charge is 0.254 e. The van der Waals surface area contributed by atoms with E-state index in [1.807, 2.05) is 18.2 Å². The molecule has 4 saturated carbocycles. The number of rotatable bonds is 3. The Bertz CT molecular complexity index is 1020. The predicted octanol–water partition coefficient (Wildman–Crippen LogP) is 6.50. The van der Waals surface area contributed by atoms with Gasteiger partial charge in [-0.3, -0.25) is 4.79 Å². The van der Waals surface area contributed by atoms with Crippen LogP contribution in [-0.4, -0.2) is 10.5 Å². The van der Waals surface area contributed by atoms with Crippen molar-refractivity contribution in [3.8, 4) is 11.3 Å². The first-order chi connectivity index (χ1) is 13.9. The Morgan fingerprint density at radius 2 is 1.76 bits per heavy atom. The van der Waals surface area contributed by atoms with E-state index in [-0.39, 0.29) is 11.3 Å². The summed E-state index contributed by atoms with van der Waals surface area (Å²) in [5.41, 5.74) is 1.90. The summed E-state index contributed by atoms with van der Waals surface area (Å²) in [5.74, 6) is 2.36. The van der Waals surface area contributed by atoms with E-state index in [0.717, 1.165) is 64.5 Å². The van der Waals surface area contributed by atoms with E-state index in [4.69, 9.17) is 28.2 Å². The minimum atomic E-state index is -0.193. The lowest BCUT2D eigenvalue weighted by atomic mass is 9.49. The standard InChI is InChI=1S/C23H26Cl2N2OS/c1-3-27-20(17-4-5-18(24)19(25)9-17)13(2)29-22(27)26-21(28)23-10-14-6-15(11-23)8-16(7-14)12-23/h4-5,9,14-16H,3,6-8,10-12H2,1-2H3. The Hall–Kier alpha value is -1.10. The average Bonchev–Trinajstić information content (AvgIpc) is 2.97. The number of aromatic nitrogens is 1. The van der Waals surface area contributed by atoms with Gasteiger partial charge in [-0.1, -0.05) is 29.3 Å². The molecule has 2 aromatic rings. The highest BCUT2D eigenvalue weighted by molar-refractivity contribution is 7.09. The quantitative estimate of drug-likeness (QED) is 0.527. The fraction of sp³-hybridized carbons (Fsp3) is 0.565. The second-order valence-electron chi connectivity index (χ2n) is 9.28. The fourth-order valence-electron chi connectivity index (χ4n) is 6.48. The molecule has 0 radical (unpaired) electrons. The Kier molecular flexibility index (Phi) is 4.96. The average molecular weight is 449 g/mol. The van der Waals surface area contributed by atoms with E-state index in [1.165, 1.54) is 19.3 Å². The molecule has 6 rings (SSSR count). The summed E-state index contributed by atoms with van der Waals surface area (Å²) in [4.78, 5) is 20.2. The molecule has 6 heteroatoms. The van der Waals surface area contributed by atoms with Gasteiger partial charge in [-0.15, -0.1) is 11.3 Å². The molecule has 1 aromatic heterocycles. The number of thiazole rings is 1. The summed E-state index contributed by atoms with van der Waals surface area (Å²) in [6.07, 6.45) is 7.16. The first kappa shape index (κ1) is 19.8. The van der Waals surface area contributed by atoms with Crippen LogP contribution in [0.5, 0.6) is 0 Å². The highest BCUT2D eigenvalue weighted by Crippen LogP contribution is 2.60. The van der Waals surface area contributed by atoms with Gasteiger partial charge in [-0.25, -0.2) is 0 Å². The molecule has 0 spiro atoms. The normalized spacial score (nSPS) is 30.9. The lowest BCUT2D eigenvalue weighted by Crippen LogP contribution is -2.49. The topological polar surface area (TPSA) is 34.4 Å². The van der Waals surface area contributed by atoms with Gasteiger partial charge in [0.05, 0.1) is 21.2 Å². The molecule has 0 saturated heterocycles. The van der Waals surface area contributed by atoms with E-state index in [1.54, 1.807) is 11.3 Å². The molecule has 0 aliphatic heterocycles. The predicted molar refractivity (Wildman–Crippen MR) is 119 cm³/mol. The number of hydrogen-bond acceptors (Lipinski definition) is 2. The van der Waals surface area contributed by atoms with E-state index >= 15 is 0 Å². The largest absolute Gasteiger partial charge is 0.316 e. The molecule has 4 aliphatic rings. The van der Waals surface area contributed by atoms with Crippen LogP contribution in [0.4, 0.5) is 0 Å². The van der Waals surface area contributed by atoms with E-state index in [9.17, 15) is 4.79 Å². The van der Waals surface area contributed by atoms with Crippen LogP contribution in [-0.2, 0) is 11.3 Å². The van der Waals surface area contributed by atoms with Gasteiger partial charge >= 0.3 is 0 Å². The second-order valence-corrected chi connectivity index (χ2v) is 11.3. The number of halogens is 2. The summed E-state index contributed by atoms with van der Waals surface area (Å²) < 4.78 is 2.15. The third-order valence-electron chi connectivity index (χ3n) is 7.28. The minimum absolute atomic E-state index is 0.126. The SMILES string of the molecule is CCn1c(-c2ccc(Cl)c(Cl)c2)c(C)sc1=NC(=O)C12CC3CC(CC(C3)C1)C2. The van der Waals surface area contributed by atoms with Gasteiger partial charge in [-0.2, -0.15) is 4.99 Å².